The van der Waals surface area contributed by atoms with E-state index in [0.717, 1.165) is 17.8 Å². The molecule has 1 aromatic heterocycles. The molecule has 0 amide bonds. The minimum absolute atomic E-state index is 0.815. The van der Waals surface area contributed by atoms with Crippen molar-refractivity contribution in [3.8, 4) is 0 Å². The maximum atomic E-state index is 4.19. The first-order valence-electron chi connectivity index (χ1n) is 4.30. The highest BCUT2D eigenvalue weighted by Gasteiger charge is 1.96. The molecule has 0 spiro atoms. The quantitative estimate of drug-likeness (QED) is 0.650. The van der Waals surface area contributed by atoms with Crippen LogP contribution in [-0.2, 0) is 0 Å². The van der Waals surface area contributed by atoms with E-state index in [-0.39, 0.29) is 0 Å². The van der Waals surface area contributed by atoms with Crippen LogP contribution < -0.4 is 0 Å². The van der Waals surface area contributed by atoms with Crippen molar-refractivity contribution in [2.24, 2.45) is 10.2 Å². The molecule has 0 aliphatic carbocycles. The first-order chi connectivity index (χ1) is 6.38. The standard InChI is InChI=1S/C10H13N3/c1-3-4-6-9-10(13-11-2)7-5-8-12-9/h4-8H,3H2,1-2H3/b6-4-,13-11?. The molecule has 1 heterocycles. The monoisotopic (exact) mass is 175 g/mol. The first-order valence-corrected chi connectivity index (χ1v) is 4.30. The predicted octanol–water partition coefficient (Wildman–Crippen LogP) is 3.22. The average molecular weight is 175 g/mol. The second kappa shape index (κ2) is 5.19. The van der Waals surface area contributed by atoms with E-state index in [2.05, 4.69) is 28.2 Å². The third kappa shape index (κ3) is 2.78. The number of hydrogen-bond acceptors (Lipinski definition) is 3. The van der Waals surface area contributed by atoms with E-state index in [1.54, 1.807) is 13.2 Å². The van der Waals surface area contributed by atoms with Gasteiger partial charge in [0.25, 0.3) is 0 Å². The normalized spacial score (nSPS) is 11.5. The number of nitrogens with zero attached hydrogens (tertiary/aromatic N) is 3. The Morgan fingerprint density at radius 3 is 3.08 bits per heavy atom. The lowest BCUT2D eigenvalue weighted by Gasteiger charge is -1.95. The third-order valence-corrected chi connectivity index (χ3v) is 1.54. The summed E-state index contributed by atoms with van der Waals surface area (Å²) in [4.78, 5) is 4.19. The molecule has 0 saturated heterocycles. The van der Waals surface area contributed by atoms with Crippen LogP contribution in [0.5, 0.6) is 0 Å². The highest BCUT2D eigenvalue weighted by atomic mass is 15.1. The molecule has 0 radical (unpaired) electrons. The van der Waals surface area contributed by atoms with E-state index in [4.69, 9.17) is 0 Å². The Morgan fingerprint density at radius 1 is 1.54 bits per heavy atom. The molecule has 0 N–H and O–H groups in total. The molecule has 0 bridgehead atoms. The van der Waals surface area contributed by atoms with E-state index >= 15 is 0 Å². The van der Waals surface area contributed by atoms with Gasteiger partial charge in [-0.1, -0.05) is 13.0 Å². The lowest BCUT2D eigenvalue weighted by Crippen LogP contribution is -1.79. The maximum Gasteiger partial charge on any atom is 0.111 e. The van der Waals surface area contributed by atoms with Crippen LogP contribution in [-0.4, -0.2) is 12.0 Å². The molecular formula is C10H13N3. The van der Waals surface area contributed by atoms with Crippen molar-refractivity contribution in [2.45, 2.75) is 13.3 Å². The SMILES string of the molecule is CC/C=C\c1ncccc1N=NC. The van der Waals surface area contributed by atoms with E-state index in [0.29, 0.717) is 0 Å². The smallest absolute Gasteiger partial charge is 0.111 e. The highest BCUT2D eigenvalue weighted by molar-refractivity contribution is 5.59. The summed E-state index contributed by atoms with van der Waals surface area (Å²) < 4.78 is 0. The highest BCUT2D eigenvalue weighted by Crippen LogP contribution is 2.17. The molecule has 0 aliphatic rings. The second-order valence-electron chi connectivity index (χ2n) is 2.52. The Morgan fingerprint density at radius 2 is 2.38 bits per heavy atom. The van der Waals surface area contributed by atoms with Crippen molar-refractivity contribution in [1.29, 1.82) is 0 Å². The molecular weight excluding hydrogens is 162 g/mol. The van der Waals surface area contributed by atoms with Gasteiger partial charge in [-0.3, -0.25) is 4.98 Å². The van der Waals surface area contributed by atoms with Gasteiger partial charge in [-0.25, -0.2) is 0 Å². The van der Waals surface area contributed by atoms with Gasteiger partial charge in [0.15, 0.2) is 0 Å². The van der Waals surface area contributed by atoms with Crippen LogP contribution in [0.4, 0.5) is 5.69 Å². The van der Waals surface area contributed by atoms with Crippen LogP contribution in [0, 0.1) is 0 Å². The lowest BCUT2D eigenvalue weighted by atomic mass is 10.2. The number of azo groups is 1. The summed E-state index contributed by atoms with van der Waals surface area (Å²) in [6, 6.07) is 3.75. The Kier molecular flexibility index (Phi) is 3.82. The maximum absolute atomic E-state index is 4.19. The van der Waals surface area contributed by atoms with Crippen LogP contribution in [0.1, 0.15) is 19.0 Å². The molecule has 1 aromatic rings. The molecule has 0 fully saturated rings. The van der Waals surface area contributed by atoms with Crippen molar-refractivity contribution in [3.63, 3.8) is 0 Å². The van der Waals surface area contributed by atoms with Gasteiger partial charge >= 0.3 is 0 Å². The zero-order valence-corrected chi connectivity index (χ0v) is 7.94. The second-order valence-corrected chi connectivity index (χ2v) is 2.52. The molecule has 13 heavy (non-hydrogen) atoms. The van der Waals surface area contributed by atoms with Crippen LogP contribution in [0.2, 0.25) is 0 Å². The van der Waals surface area contributed by atoms with Crippen LogP contribution >= 0.6 is 0 Å². The van der Waals surface area contributed by atoms with Gasteiger partial charge in [-0.05, 0) is 24.6 Å². The Balaban J connectivity index is 2.97. The van der Waals surface area contributed by atoms with Gasteiger partial charge in [-0.2, -0.15) is 10.2 Å². The summed E-state index contributed by atoms with van der Waals surface area (Å²) in [6.45, 7) is 2.08. The molecule has 0 saturated carbocycles. The fraction of sp³-hybridized carbons (Fsp3) is 0.300. The minimum Gasteiger partial charge on any atom is -0.255 e. The van der Waals surface area contributed by atoms with Crippen molar-refractivity contribution in [1.82, 2.24) is 4.98 Å². The van der Waals surface area contributed by atoms with Crippen LogP contribution in [0.15, 0.2) is 34.6 Å². The average Bonchev–Trinajstić information content (AvgIpc) is 2.17. The number of allylic oxidation sites excluding steroid dienone is 1. The lowest BCUT2D eigenvalue weighted by molar-refractivity contribution is 1.14. The zero-order valence-electron chi connectivity index (χ0n) is 7.94. The molecule has 3 heteroatoms. The fourth-order valence-electron chi connectivity index (χ4n) is 0.959. The summed E-state index contributed by atoms with van der Waals surface area (Å²) in [5.74, 6) is 0. The van der Waals surface area contributed by atoms with Crippen LogP contribution in [0.3, 0.4) is 0 Å². The van der Waals surface area contributed by atoms with Gasteiger partial charge < -0.3 is 0 Å². The van der Waals surface area contributed by atoms with Crippen molar-refractivity contribution in [2.75, 3.05) is 7.05 Å². The van der Waals surface area contributed by atoms with E-state index in [9.17, 15) is 0 Å². The summed E-state index contributed by atoms with van der Waals surface area (Å²) in [7, 11) is 1.65. The topological polar surface area (TPSA) is 37.6 Å². The van der Waals surface area contributed by atoms with Crippen LogP contribution in [0.25, 0.3) is 6.08 Å². The molecule has 0 atom stereocenters. The summed E-state index contributed by atoms with van der Waals surface area (Å²) in [5, 5.41) is 7.70. The van der Waals surface area contributed by atoms with Crippen molar-refractivity contribution >= 4 is 11.8 Å². The predicted molar refractivity (Wildman–Crippen MR) is 54.0 cm³/mol. The van der Waals surface area contributed by atoms with E-state index in [1.165, 1.54) is 0 Å². The minimum atomic E-state index is 0.815. The van der Waals surface area contributed by atoms with E-state index < -0.39 is 0 Å². The van der Waals surface area contributed by atoms with Gasteiger partial charge in [0.2, 0.25) is 0 Å². The Bertz CT molecular complexity index is 316. The molecule has 68 valence electrons. The third-order valence-electron chi connectivity index (χ3n) is 1.54. The Hall–Kier alpha value is -1.51. The summed E-state index contributed by atoms with van der Waals surface area (Å²) in [6.07, 6.45) is 6.77. The molecule has 0 aliphatic heterocycles. The van der Waals surface area contributed by atoms with Crippen molar-refractivity contribution in [3.05, 3.63) is 30.1 Å². The largest absolute Gasteiger partial charge is 0.255 e. The molecule has 0 unspecified atom stereocenters. The van der Waals surface area contributed by atoms with Crippen molar-refractivity contribution < 1.29 is 0 Å². The Labute approximate surface area is 78.2 Å². The molecule has 0 aromatic carbocycles. The van der Waals surface area contributed by atoms with Gasteiger partial charge in [0, 0.05) is 13.2 Å². The van der Waals surface area contributed by atoms with Gasteiger partial charge in [-0.15, -0.1) is 0 Å². The number of rotatable bonds is 3. The summed E-state index contributed by atoms with van der Waals surface area (Å²) in [5.41, 5.74) is 1.68. The fourth-order valence-corrected chi connectivity index (χ4v) is 0.959. The molecule has 3 nitrogen and oxygen atoms in total. The van der Waals surface area contributed by atoms with Gasteiger partial charge in [0.05, 0.1) is 5.69 Å². The van der Waals surface area contributed by atoms with Gasteiger partial charge in [0.1, 0.15) is 5.69 Å². The number of pyridine rings is 1. The first kappa shape index (κ1) is 9.58. The zero-order chi connectivity index (χ0) is 9.52. The summed E-state index contributed by atoms with van der Waals surface area (Å²) >= 11 is 0. The number of hydrogen-bond donors (Lipinski definition) is 0. The molecule has 1 rings (SSSR count). The number of aromatic nitrogens is 1. The van der Waals surface area contributed by atoms with E-state index in [1.807, 2.05) is 18.2 Å².